The average Bonchev–Trinajstić information content (AvgIpc) is 2.48. The van der Waals surface area contributed by atoms with Gasteiger partial charge in [0.15, 0.2) is 6.61 Å². The normalized spacial score (nSPS) is 15.7. The highest BCUT2D eigenvalue weighted by molar-refractivity contribution is 5.92. The van der Waals surface area contributed by atoms with Crippen molar-refractivity contribution in [2.45, 2.75) is 32.1 Å². The van der Waals surface area contributed by atoms with Crippen molar-refractivity contribution in [3.8, 4) is 0 Å². The monoisotopic (exact) mass is 279 g/mol. The largest absolute Gasteiger partial charge is 0.455 e. The number of halogens is 1. The fraction of sp³-hybridized carbons (Fsp3) is 0.467. The van der Waals surface area contributed by atoms with E-state index in [1.165, 1.54) is 24.3 Å². The van der Waals surface area contributed by atoms with E-state index in [1.807, 2.05) is 0 Å². The number of amides is 1. The lowest BCUT2D eigenvalue weighted by atomic mass is 9.89. The van der Waals surface area contributed by atoms with Crippen molar-refractivity contribution in [3.05, 3.63) is 30.1 Å². The van der Waals surface area contributed by atoms with E-state index in [0.29, 0.717) is 5.69 Å². The van der Waals surface area contributed by atoms with Gasteiger partial charge in [-0.3, -0.25) is 9.59 Å². The predicted octanol–water partition coefficient (Wildman–Crippen LogP) is 2.89. The van der Waals surface area contributed by atoms with Gasteiger partial charge in [0.05, 0.1) is 5.92 Å². The first-order valence-electron chi connectivity index (χ1n) is 6.87. The Morgan fingerprint density at radius 1 is 1.15 bits per heavy atom. The smallest absolute Gasteiger partial charge is 0.309 e. The van der Waals surface area contributed by atoms with Crippen LogP contribution in [-0.2, 0) is 14.3 Å². The molecule has 0 aliphatic heterocycles. The molecular formula is C15H18FNO3. The molecule has 0 unspecified atom stereocenters. The fourth-order valence-electron chi connectivity index (χ4n) is 2.32. The Labute approximate surface area is 117 Å². The summed E-state index contributed by atoms with van der Waals surface area (Å²) in [5.74, 6) is -1.14. The standard InChI is InChI=1S/C15H18FNO3/c16-12-6-8-13(9-7-12)17-14(18)10-20-15(19)11-4-2-1-3-5-11/h6-9,11H,1-5,10H2,(H,17,18). The summed E-state index contributed by atoms with van der Waals surface area (Å²) in [6, 6.07) is 5.42. The van der Waals surface area contributed by atoms with E-state index in [0.717, 1.165) is 32.1 Å². The first-order valence-corrected chi connectivity index (χ1v) is 6.87. The molecule has 1 N–H and O–H groups in total. The van der Waals surface area contributed by atoms with Crippen LogP contribution in [0.15, 0.2) is 24.3 Å². The molecule has 1 amide bonds. The molecule has 1 aliphatic carbocycles. The molecule has 0 aromatic heterocycles. The number of hydrogen-bond acceptors (Lipinski definition) is 3. The van der Waals surface area contributed by atoms with Gasteiger partial charge in [-0.15, -0.1) is 0 Å². The molecule has 1 aromatic rings. The van der Waals surface area contributed by atoms with Gasteiger partial charge in [0.25, 0.3) is 5.91 Å². The Hall–Kier alpha value is -1.91. The SMILES string of the molecule is O=C(COC(=O)C1CCCCC1)Nc1ccc(F)cc1. The number of anilines is 1. The van der Waals surface area contributed by atoms with E-state index in [9.17, 15) is 14.0 Å². The van der Waals surface area contributed by atoms with Crippen LogP contribution in [0.4, 0.5) is 10.1 Å². The Kier molecular flexibility index (Phi) is 5.09. The van der Waals surface area contributed by atoms with Crippen molar-refractivity contribution in [1.29, 1.82) is 0 Å². The Bertz CT molecular complexity index is 467. The third-order valence-electron chi connectivity index (χ3n) is 3.41. The quantitative estimate of drug-likeness (QED) is 0.862. The van der Waals surface area contributed by atoms with Crippen molar-refractivity contribution in [1.82, 2.24) is 0 Å². The molecule has 20 heavy (non-hydrogen) atoms. The van der Waals surface area contributed by atoms with E-state index in [2.05, 4.69) is 5.32 Å². The number of carbonyl (C=O) groups excluding carboxylic acids is 2. The number of benzene rings is 1. The number of carbonyl (C=O) groups is 2. The third kappa shape index (κ3) is 4.33. The van der Waals surface area contributed by atoms with Gasteiger partial charge in [-0.2, -0.15) is 0 Å². The van der Waals surface area contributed by atoms with Gasteiger partial charge in [-0.05, 0) is 37.1 Å². The van der Waals surface area contributed by atoms with E-state index in [4.69, 9.17) is 4.74 Å². The molecule has 1 aromatic carbocycles. The zero-order chi connectivity index (χ0) is 14.4. The van der Waals surface area contributed by atoms with Gasteiger partial charge >= 0.3 is 5.97 Å². The van der Waals surface area contributed by atoms with Crippen LogP contribution in [0.3, 0.4) is 0 Å². The summed E-state index contributed by atoms with van der Waals surface area (Å²) in [5.41, 5.74) is 0.477. The molecule has 5 heteroatoms. The lowest BCUT2D eigenvalue weighted by Crippen LogP contribution is -2.26. The fourth-order valence-corrected chi connectivity index (χ4v) is 2.32. The lowest BCUT2D eigenvalue weighted by Gasteiger charge is -2.19. The average molecular weight is 279 g/mol. The summed E-state index contributed by atoms with van der Waals surface area (Å²) < 4.78 is 17.7. The van der Waals surface area contributed by atoms with E-state index < -0.39 is 5.91 Å². The third-order valence-corrected chi connectivity index (χ3v) is 3.41. The van der Waals surface area contributed by atoms with Crippen LogP contribution >= 0.6 is 0 Å². The van der Waals surface area contributed by atoms with Crippen LogP contribution in [0.5, 0.6) is 0 Å². The topological polar surface area (TPSA) is 55.4 Å². The molecule has 4 nitrogen and oxygen atoms in total. The Morgan fingerprint density at radius 3 is 2.45 bits per heavy atom. The molecule has 1 fully saturated rings. The van der Waals surface area contributed by atoms with Gasteiger partial charge < -0.3 is 10.1 Å². The van der Waals surface area contributed by atoms with Crippen LogP contribution in [-0.4, -0.2) is 18.5 Å². The maximum atomic E-state index is 12.7. The highest BCUT2D eigenvalue weighted by Gasteiger charge is 2.22. The molecule has 0 atom stereocenters. The predicted molar refractivity (Wildman–Crippen MR) is 72.6 cm³/mol. The molecule has 1 aliphatic rings. The molecule has 1 saturated carbocycles. The van der Waals surface area contributed by atoms with Crippen molar-refractivity contribution < 1.29 is 18.7 Å². The number of rotatable bonds is 4. The maximum Gasteiger partial charge on any atom is 0.309 e. The Morgan fingerprint density at radius 2 is 1.80 bits per heavy atom. The van der Waals surface area contributed by atoms with Crippen molar-refractivity contribution >= 4 is 17.6 Å². The molecule has 0 heterocycles. The first-order chi connectivity index (χ1) is 9.65. The molecule has 0 spiro atoms. The van der Waals surface area contributed by atoms with E-state index in [1.54, 1.807) is 0 Å². The van der Waals surface area contributed by atoms with Crippen LogP contribution in [0.25, 0.3) is 0 Å². The summed E-state index contributed by atoms with van der Waals surface area (Å²) in [6.07, 6.45) is 4.94. The Balaban J connectivity index is 1.74. The van der Waals surface area contributed by atoms with E-state index >= 15 is 0 Å². The minimum Gasteiger partial charge on any atom is -0.455 e. The minimum atomic E-state index is -0.416. The molecule has 0 saturated heterocycles. The lowest BCUT2D eigenvalue weighted by molar-refractivity contribution is -0.152. The second-order valence-corrected chi connectivity index (χ2v) is 5.00. The van der Waals surface area contributed by atoms with Crippen LogP contribution in [0, 0.1) is 11.7 Å². The van der Waals surface area contributed by atoms with Gasteiger partial charge in [0.2, 0.25) is 0 Å². The molecule has 0 bridgehead atoms. The van der Waals surface area contributed by atoms with Crippen molar-refractivity contribution in [2.75, 3.05) is 11.9 Å². The number of nitrogens with one attached hydrogen (secondary N) is 1. The highest BCUT2D eigenvalue weighted by Crippen LogP contribution is 2.24. The summed E-state index contributed by atoms with van der Waals surface area (Å²) in [7, 11) is 0. The first kappa shape index (κ1) is 14.5. The van der Waals surface area contributed by atoms with Crippen LogP contribution in [0.1, 0.15) is 32.1 Å². The van der Waals surface area contributed by atoms with E-state index in [-0.39, 0.29) is 24.3 Å². The number of esters is 1. The summed E-state index contributed by atoms with van der Waals surface area (Å²) >= 11 is 0. The number of hydrogen-bond donors (Lipinski definition) is 1. The zero-order valence-corrected chi connectivity index (χ0v) is 11.2. The molecule has 2 rings (SSSR count). The second-order valence-electron chi connectivity index (χ2n) is 5.00. The molecule has 108 valence electrons. The maximum absolute atomic E-state index is 12.7. The van der Waals surface area contributed by atoms with Gasteiger partial charge in [-0.25, -0.2) is 4.39 Å². The highest BCUT2D eigenvalue weighted by atomic mass is 19.1. The van der Waals surface area contributed by atoms with Gasteiger partial charge in [-0.1, -0.05) is 19.3 Å². The van der Waals surface area contributed by atoms with Gasteiger partial charge in [0, 0.05) is 5.69 Å². The summed E-state index contributed by atoms with van der Waals surface area (Å²) in [5, 5.41) is 2.54. The number of ether oxygens (including phenoxy) is 1. The second kappa shape index (κ2) is 7.03. The van der Waals surface area contributed by atoms with Crippen LogP contribution in [0.2, 0.25) is 0 Å². The molecule has 0 radical (unpaired) electrons. The zero-order valence-electron chi connectivity index (χ0n) is 11.2. The van der Waals surface area contributed by atoms with Gasteiger partial charge in [0.1, 0.15) is 5.82 Å². The van der Waals surface area contributed by atoms with Crippen molar-refractivity contribution in [3.63, 3.8) is 0 Å². The molecular weight excluding hydrogens is 261 g/mol. The summed E-state index contributed by atoms with van der Waals surface area (Å²) in [4.78, 5) is 23.4. The minimum absolute atomic E-state index is 0.0672. The summed E-state index contributed by atoms with van der Waals surface area (Å²) in [6.45, 7) is -0.299. The van der Waals surface area contributed by atoms with Crippen molar-refractivity contribution in [2.24, 2.45) is 5.92 Å². The van der Waals surface area contributed by atoms with Crippen LogP contribution < -0.4 is 5.32 Å².